The Morgan fingerprint density at radius 3 is 2.46 bits per heavy atom. The van der Waals surface area contributed by atoms with Gasteiger partial charge in [0.25, 0.3) is 5.91 Å². The first kappa shape index (κ1) is 17.8. The number of para-hydroxylation sites is 2. The van der Waals surface area contributed by atoms with Gasteiger partial charge in [-0.15, -0.1) is 0 Å². The first-order chi connectivity index (χ1) is 11.6. The molecule has 0 spiro atoms. The summed E-state index contributed by atoms with van der Waals surface area (Å²) < 4.78 is 5.20. The van der Waals surface area contributed by atoms with Crippen LogP contribution in [0.25, 0.3) is 0 Å². The predicted molar refractivity (Wildman–Crippen MR) is 94.7 cm³/mol. The van der Waals surface area contributed by atoms with Crippen LogP contribution in [0.5, 0.6) is 5.75 Å². The first-order valence-electron chi connectivity index (χ1n) is 7.53. The van der Waals surface area contributed by atoms with Crippen LogP contribution in [0.15, 0.2) is 48.5 Å². The maximum Gasteiger partial charge on any atom is 0.255 e. The lowest BCUT2D eigenvalue weighted by atomic mass is 10.2. The number of hydrogen-bond donors (Lipinski definition) is 1. The zero-order valence-electron chi connectivity index (χ0n) is 13.6. The summed E-state index contributed by atoms with van der Waals surface area (Å²) in [5.74, 6) is -0.0219. The van der Waals surface area contributed by atoms with Crippen LogP contribution in [0, 0.1) is 0 Å². The summed E-state index contributed by atoms with van der Waals surface area (Å²) in [6.45, 7) is 2.13. The van der Waals surface area contributed by atoms with Crippen molar-refractivity contribution in [1.29, 1.82) is 0 Å². The lowest BCUT2D eigenvalue weighted by molar-refractivity contribution is -0.116. The van der Waals surface area contributed by atoms with Crippen LogP contribution in [-0.4, -0.2) is 36.9 Å². The average molecular weight is 347 g/mol. The number of methoxy groups -OCH3 is 1. The van der Waals surface area contributed by atoms with E-state index in [1.165, 1.54) is 12.0 Å². The minimum atomic E-state index is -0.304. The smallest absolute Gasteiger partial charge is 0.255 e. The molecule has 0 bridgehead atoms. The number of halogens is 1. The van der Waals surface area contributed by atoms with E-state index in [2.05, 4.69) is 5.32 Å². The van der Waals surface area contributed by atoms with Gasteiger partial charge in [-0.2, -0.15) is 0 Å². The molecule has 0 aliphatic heterocycles. The van der Waals surface area contributed by atoms with Crippen molar-refractivity contribution in [2.24, 2.45) is 0 Å². The van der Waals surface area contributed by atoms with Crippen LogP contribution in [0.2, 0.25) is 5.02 Å². The van der Waals surface area contributed by atoms with E-state index in [0.717, 1.165) is 0 Å². The summed E-state index contributed by atoms with van der Waals surface area (Å²) in [5, 5.41) is 3.12. The molecule has 5 nitrogen and oxygen atoms in total. The molecule has 0 heterocycles. The highest BCUT2D eigenvalue weighted by Crippen LogP contribution is 2.23. The first-order valence-corrected chi connectivity index (χ1v) is 7.91. The van der Waals surface area contributed by atoms with Crippen molar-refractivity contribution in [3.8, 4) is 5.75 Å². The molecule has 2 aromatic carbocycles. The molecule has 0 atom stereocenters. The van der Waals surface area contributed by atoms with Crippen molar-refractivity contribution in [2.75, 3.05) is 25.5 Å². The van der Waals surface area contributed by atoms with Gasteiger partial charge in [-0.05, 0) is 31.2 Å². The standard InChI is InChI=1S/C18H19ClN2O3/c1-3-21(18(23)13-8-4-5-9-14(13)19)12-17(22)20-15-10-6-7-11-16(15)24-2/h4-11H,3,12H2,1-2H3,(H,20,22). The van der Waals surface area contributed by atoms with Gasteiger partial charge < -0.3 is 15.0 Å². The number of likely N-dealkylation sites (N-methyl/N-ethyl adjacent to an activating group) is 1. The van der Waals surface area contributed by atoms with Crippen LogP contribution in [0.3, 0.4) is 0 Å². The van der Waals surface area contributed by atoms with Gasteiger partial charge in [-0.3, -0.25) is 9.59 Å². The Bertz CT molecular complexity index is 734. The van der Waals surface area contributed by atoms with Gasteiger partial charge in [-0.25, -0.2) is 0 Å². The highest BCUT2D eigenvalue weighted by molar-refractivity contribution is 6.33. The third-order valence-corrected chi connectivity index (χ3v) is 3.82. The van der Waals surface area contributed by atoms with Crippen molar-refractivity contribution < 1.29 is 14.3 Å². The molecule has 0 saturated heterocycles. The minimum Gasteiger partial charge on any atom is -0.495 e. The zero-order chi connectivity index (χ0) is 17.5. The summed E-state index contributed by atoms with van der Waals surface area (Å²) in [5.41, 5.74) is 0.942. The Hall–Kier alpha value is -2.53. The van der Waals surface area contributed by atoms with E-state index in [9.17, 15) is 9.59 Å². The summed E-state index contributed by atoms with van der Waals surface area (Å²) >= 11 is 6.06. The van der Waals surface area contributed by atoms with Crippen molar-refractivity contribution in [3.63, 3.8) is 0 Å². The Morgan fingerprint density at radius 1 is 1.12 bits per heavy atom. The van der Waals surface area contributed by atoms with E-state index < -0.39 is 0 Å². The zero-order valence-corrected chi connectivity index (χ0v) is 14.3. The summed E-state index contributed by atoms with van der Waals surface area (Å²) in [7, 11) is 1.53. The van der Waals surface area contributed by atoms with Crippen molar-refractivity contribution >= 4 is 29.1 Å². The molecule has 24 heavy (non-hydrogen) atoms. The molecule has 0 radical (unpaired) electrons. The summed E-state index contributed by atoms with van der Waals surface area (Å²) in [6, 6.07) is 13.9. The maximum absolute atomic E-state index is 12.5. The number of nitrogens with one attached hydrogen (secondary N) is 1. The van der Waals surface area contributed by atoms with Crippen molar-refractivity contribution in [1.82, 2.24) is 4.90 Å². The number of rotatable bonds is 6. The van der Waals surface area contributed by atoms with Crippen molar-refractivity contribution in [2.45, 2.75) is 6.92 Å². The molecule has 6 heteroatoms. The van der Waals surface area contributed by atoms with Gasteiger partial charge in [0.05, 0.1) is 23.4 Å². The van der Waals surface area contributed by atoms with Gasteiger partial charge in [0, 0.05) is 6.54 Å². The molecular formula is C18H19ClN2O3. The number of hydrogen-bond acceptors (Lipinski definition) is 3. The molecule has 2 aromatic rings. The van der Waals surface area contributed by atoms with E-state index >= 15 is 0 Å². The van der Waals surface area contributed by atoms with Gasteiger partial charge in [0.15, 0.2) is 0 Å². The molecule has 0 unspecified atom stereocenters. The molecule has 2 rings (SSSR count). The number of carbonyl (C=O) groups excluding carboxylic acids is 2. The second-order valence-corrected chi connectivity index (χ2v) is 5.45. The lowest BCUT2D eigenvalue weighted by Gasteiger charge is -2.21. The molecule has 0 aromatic heterocycles. The monoisotopic (exact) mass is 346 g/mol. The number of anilines is 1. The third kappa shape index (κ3) is 4.26. The molecule has 2 amide bonds. The van der Waals surface area contributed by atoms with E-state index in [0.29, 0.717) is 28.6 Å². The maximum atomic E-state index is 12.5. The predicted octanol–water partition coefficient (Wildman–Crippen LogP) is 3.45. The molecule has 0 fully saturated rings. The van der Waals surface area contributed by atoms with E-state index in [4.69, 9.17) is 16.3 Å². The molecule has 0 aliphatic carbocycles. The van der Waals surface area contributed by atoms with Crippen LogP contribution >= 0.6 is 11.6 Å². The number of carbonyl (C=O) groups is 2. The van der Waals surface area contributed by atoms with Crippen LogP contribution in [-0.2, 0) is 4.79 Å². The van der Waals surface area contributed by atoms with Gasteiger partial charge in [0.2, 0.25) is 5.91 Å². The summed E-state index contributed by atoms with van der Waals surface area (Å²) in [6.07, 6.45) is 0. The second kappa shape index (κ2) is 8.36. The van der Waals surface area contributed by atoms with Gasteiger partial charge in [0.1, 0.15) is 12.3 Å². The molecule has 126 valence electrons. The third-order valence-electron chi connectivity index (χ3n) is 3.49. The largest absolute Gasteiger partial charge is 0.495 e. The SMILES string of the molecule is CCN(CC(=O)Nc1ccccc1OC)C(=O)c1ccccc1Cl. The molecule has 1 N–H and O–H groups in total. The quantitative estimate of drug-likeness (QED) is 0.871. The number of ether oxygens (including phenoxy) is 1. The van der Waals surface area contributed by atoms with Gasteiger partial charge >= 0.3 is 0 Å². The van der Waals surface area contributed by atoms with E-state index in [-0.39, 0.29) is 18.4 Å². The number of amides is 2. The van der Waals surface area contributed by atoms with E-state index in [1.807, 2.05) is 13.0 Å². The fraction of sp³-hybridized carbons (Fsp3) is 0.222. The Kier molecular flexibility index (Phi) is 6.21. The van der Waals surface area contributed by atoms with Crippen molar-refractivity contribution in [3.05, 3.63) is 59.1 Å². The average Bonchev–Trinajstić information content (AvgIpc) is 2.60. The Balaban J connectivity index is 2.08. The number of nitrogens with zero attached hydrogens (tertiary/aromatic N) is 1. The Morgan fingerprint density at radius 2 is 1.79 bits per heavy atom. The van der Waals surface area contributed by atoms with Crippen LogP contribution in [0.4, 0.5) is 5.69 Å². The van der Waals surface area contributed by atoms with E-state index in [1.54, 1.807) is 42.5 Å². The molecule has 0 saturated carbocycles. The topological polar surface area (TPSA) is 58.6 Å². The fourth-order valence-corrected chi connectivity index (χ4v) is 2.46. The lowest BCUT2D eigenvalue weighted by Crippen LogP contribution is -2.38. The normalized spacial score (nSPS) is 10.1. The minimum absolute atomic E-state index is 0.0708. The molecular weight excluding hydrogens is 328 g/mol. The van der Waals surface area contributed by atoms with Crippen LogP contribution in [0.1, 0.15) is 17.3 Å². The summed E-state index contributed by atoms with van der Waals surface area (Å²) in [4.78, 5) is 26.3. The number of benzene rings is 2. The second-order valence-electron chi connectivity index (χ2n) is 5.05. The highest BCUT2D eigenvalue weighted by Gasteiger charge is 2.19. The highest BCUT2D eigenvalue weighted by atomic mass is 35.5. The Labute approximate surface area is 146 Å². The molecule has 0 aliphatic rings. The van der Waals surface area contributed by atoms with Crippen LogP contribution < -0.4 is 10.1 Å². The van der Waals surface area contributed by atoms with Gasteiger partial charge in [-0.1, -0.05) is 35.9 Å². The fourth-order valence-electron chi connectivity index (χ4n) is 2.24.